The van der Waals surface area contributed by atoms with Gasteiger partial charge in [-0.2, -0.15) is 0 Å². The van der Waals surface area contributed by atoms with Crippen LogP contribution < -0.4 is 5.32 Å². The number of hydrogen-bond acceptors (Lipinski definition) is 3. The van der Waals surface area contributed by atoms with Crippen molar-refractivity contribution in [2.75, 3.05) is 5.32 Å². The Morgan fingerprint density at radius 2 is 2.25 bits per heavy atom. The van der Waals surface area contributed by atoms with Gasteiger partial charge in [-0.05, 0) is 30.9 Å². The van der Waals surface area contributed by atoms with Crippen LogP contribution in [0.4, 0.5) is 5.82 Å². The lowest BCUT2D eigenvalue weighted by molar-refractivity contribution is -0.117. The van der Waals surface area contributed by atoms with Crippen LogP contribution in [-0.2, 0) is 4.79 Å². The minimum Gasteiger partial charge on any atom is -0.504 e. The molecule has 0 bridgehead atoms. The Kier molecular flexibility index (Phi) is 3.39. The van der Waals surface area contributed by atoms with E-state index in [0.29, 0.717) is 12.3 Å². The van der Waals surface area contributed by atoms with Crippen LogP contribution in [0.25, 0.3) is 0 Å². The van der Waals surface area contributed by atoms with Gasteiger partial charge in [0.05, 0.1) is 0 Å². The first-order valence-electron chi connectivity index (χ1n) is 5.69. The van der Waals surface area contributed by atoms with Crippen LogP contribution in [-0.4, -0.2) is 16.0 Å². The van der Waals surface area contributed by atoms with Gasteiger partial charge in [0, 0.05) is 12.6 Å². The molecule has 4 heteroatoms. The van der Waals surface area contributed by atoms with Gasteiger partial charge < -0.3 is 10.4 Å². The van der Waals surface area contributed by atoms with Gasteiger partial charge in [0.1, 0.15) is 0 Å². The topological polar surface area (TPSA) is 62.2 Å². The fourth-order valence-corrected chi connectivity index (χ4v) is 2.15. The van der Waals surface area contributed by atoms with E-state index in [9.17, 15) is 9.90 Å². The lowest BCUT2D eigenvalue weighted by atomic mass is 10.0. The molecule has 1 aliphatic rings. The molecule has 0 unspecified atom stereocenters. The van der Waals surface area contributed by atoms with E-state index < -0.39 is 0 Å². The zero-order valence-corrected chi connectivity index (χ0v) is 9.15. The third kappa shape index (κ3) is 2.72. The smallest absolute Gasteiger partial charge is 0.225 e. The summed E-state index contributed by atoms with van der Waals surface area (Å²) >= 11 is 0. The molecular weight excluding hydrogens is 204 g/mol. The van der Waals surface area contributed by atoms with Crippen LogP contribution in [0.3, 0.4) is 0 Å². The maximum Gasteiger partial charge on any atom is 0.225 e. The van der Waals surface area contributed by atoms with Gasteiger partial charge in [0.15, 0.2) is 11.6 Å². The lowest BCUT2D eigenvalue weighted by Crippen LogP contribution is -2.15. The van der Waals surface area contributed by atoms with Crippen LogP contribution >= 0.6 is 0 Å². The van der Waals surface area contributed by atoms with Crippen molar-refractivity contribution in [2.45, 2.75) is 32.1 Å². The molecule has 0 radical (unpaired) electrons. The third-order valence-corrected chi connectivity index (χ3v) is 2.99. The summed E-state index contributed by atoms with van der Waals surface area (Å²) in [6, 6.07) is 3.14. The Balaban J connectivity index is 1.89. The molecule has 1 aliphatic carbocycles. The summed E-state index contributed by atoms with van der Waals surface area (Å²) in [5, 5.41) is 12.1. The van der Waals surface area contributed by atoms with E-state index >= 15 is 0 Å². The quantitative estimate of drug-likeness (QED) is 0.821. The zero-order valence-electron chi connectivity index (χ0n) is 9.15. The standard InChI is InChI=1S/C12H16N2O2/c15-10-6-3-7-13-12(10)14-11(16)8-9-4-1-2-5-9/h3,6-7,9,15H,1-2,4-5,8H2,(H,13,14,16). The van der Waals surface area contributed by atoms with E-state index in [0.717, 1.165) is 12.8 Å². The second-order valence-corrected chi connectivity index (χ2v) is 4.27. The van der Waals surface area contributed by atoms with Crippen LogP contribution in [0.15, 0.2) is 18.3 Å². The molecule has 1 fully saturated rings. The molecule has 0 aliphatic heterocycles. The van der Waals surface area contributed by atoms with Gasteiger partial charge in [-0.3, -0.25) is 4.79 Å². The minimum absolute atomic E-state index is 0.0160. The molecule has 0 atom stereocenters. The van der Waals surface area contributed by atoms with Crippen molar-refractivity contribution in [1.82, 2.24) is 4.98 Å². The number of rotatable bonds is 3. The summed E-state index contributed by atoms with van der Waals surface area (Å²) in [5.74, 6) is 0.722. The highest BCUT2D eigenvalue weighted by molar-refractivity contribution is 5.91. The molecule has 4 nitrogen and oxygen atoms in total. The van der Waals surface area contributed by atoms with E-state index in [4.69, 9.17) is 0 Å². The maximum absolute atomic E-state index is 11.7. The van der Waals surface area contributed by atoms with Gasteiger partial charge in [-0.15, -0.1) is 0 Å². The number of anilines is 1. The Hall–Kier alpha value is -1.58. The van der Waals surface area contributed by atoms with Gasteiger partial charge in [0.2, 0.25) is 5.91 Å². The Morgan fingerprint density at radius 3 is 2.94 bits per heavy atom. The second-order valence-electron chi connectivity index (χ2n) is 4.27. The van der Waals surface area contributed by atoms with Gasteiger partial charge in [0.25, 0.3) is 0 Å². The monoisotopic (exact) mass is 220 g/mol. The Bertz CT molecular complexity index is 373. The van der Waals surface area contributed by atoms with Crippen LogP contribution in [0.1, 0.15) is 32.1 Å². The molecule has 1 saturated carbocycles. The molecule has 1 heterocycles. The highest BCUT2D eigenvalue weighted by Gasteiger charge is 2.19. The minimum atomic E-state index is -0.0547. The molecule has 0 aromatic carbocycles. The fraction of sp³-hybridized carbons (Fsp3) is 0.500. The van der Waals surface area contributed by atoms with Crippen molar-refractivity contribution < 1.29 is 9.90 Å². The average Bonchev–Trinajstić information content (AvgIpc) is 2.74. The predicted molar refractivity (Wildman–Crippen MR) is 61.1 cm³/mol. The number of nitrogens with zero attached hydrogens (tertiary/aromatic N) is 1. The van der Waals surface area contributed by atoms with E-state index in [1.165, 1.54) is 18.9 Å². The first-order chi connectivity index (χ1) is 7.75. The van der Waals surface area contributed by atoms with Crippen molar-refractivity contribution in [3.8, 4) is 5.75 Å². The van der Waals surface area contributed by atoms with Crippen molar-refractivity contribution in [2.24, 2.45) is 5.92 Å². The van der Waals surface area contributed by atoms with Crippen LogP contribution in [0.2, 0.25) is 0 Å². The number of carbonyl (C=O) groups is 1. The van der Waals surface area contributed by atoms with Gasteiger partial charge in [-0.1, -0.05) is 12.8 Å². The van der Waals surface area contributed by atoms with Crippen molar-refractivity contribution >= 4 is 11.7 Å². The molecule has 1 aromatic heterocycles. The normalized spacial score (nSPS) is 16.2. The summed E-state index contributed by atoms with van der Waals surface area (Å²) in [5.41, 5.74) is 0. The van der Waals surface area contributed by atoms with E-state index in [1.54, 1.807) is 12.3 Å². The summed E-state index contributed by atoms with van der Waals surface area (Å²) in [7, 11) is 0. The maximum atomic E-state index is 11.7. The number of aromatic hydroxyl groups is 1. The number of hydrogen-bond donors (Lipinski definition) is 2. The number of aromatic nitrogens is 1. The molecule has 1 amide bonds. The lowest BCUT2D eigenvalue weighted by Gasteiger charge is -2.09. The van der Waals surface area contributed by atoms with Crippen LogP contribution in [0.5, 0.6) is 5.75 Å². The first-order valence-corrected chi connectivity index (χ1v) is 5.69. The largest absolute Gasteiger partial charge is 0.504 e. The van der Waals surface area contributed by atoms with Gasteiger partial charge >= 0.3 is 0 Å². The molecule has 0 saturated heterocycles. The summed E-state index contributed by atoms with van der Waals surface area (Å²) in [6.07, 6.45) is 6.82. The molecule has 86 valence electrons. The summed E-state index contributed by atoms with van der Waals surface area (Å²) in [6.45, 7) is 0. The molecule has 1 aromatic rings. The van der Waals surface area contributed by atoms with Crippen LogP contribution in [0, 0.1) is 5.92 Å². The SMILES string of the molecule is O=C(CC1CCCC1)Nc1ncccc1O. The third-order valence-electron chi connectivity index (χ3n) is 2.99. The molecule has 2 rings (SSSR count). The summed E-state index contributed by atoms with van der Waals surface area (Å²) < 4.78 is 0. The number of carbonyl (C=O) groups excluding carboxylic acids is 1. The van der Waals surface area contributed by atoms with E-state index in [1.807, 2.05) is 0 Å². The fourth-order valence-electron chi connectivity index (χ4n) is 2.15. The Labute approximate surface area is 94.7 Å². The van der Waals surface area contributed by atoms with Crippen molar-refractivity contribution in [3.05, 3.63) is 18.3 Å². The predicted octanol–water partition coefficient (Wildman–Crippen LogP) is 2.31. The molecule has 16 heavy (non-hydrogen) atoms. The highest BCUT2D eigenvalue weighted by atomic mass is 16.3. The van der Waals surface area contributed by atoms with Crippen molar-refractivity contribution in [1.29, 1.82) is 0 Å². The Morgan fingerprint density at radius 1 is 1.50 bits per heavy atom. The molecule has 0 spiro atoms. The number of nitrogens with one attached hydrogen (secondary N) is 1. The van der Waals surface area contributed by atoms with Gasteiger partial charge in [-0.25, -0.2) is 4.98 Å². The number of pyridine rings is 1. The first kappa shape index (κ1) is 10.9. The van der Waals surface area contributed by atoms with E-state index in [-0.39, 0.29) is 17.5 Å². The zero-order chi connectivity index (χ0) is 11.4. The van der Waals surface area contributed by atoms with Crippen molar-refractivity contribution in [3.63, 3.8) is 0 Å². The number of amides is 1. The molecular formula is C12H16N2O2. The molecule has 2 N–H and O–H groups in total. The summed E-state index contributed by atoms with van der Waals surface area (Å²) in [4.78, 5) is 15.6. The average molecular weight is 220 g/mol. The van der Waals surface area contributed by atoms with E-state index in [2.05, 4.69) is 10.3 Å². The second kappa shape index (κ2) is 4.96. The highest BCUT2D eigenvalue weighted by Crippen LogP contribution is 2.28.